The Morgan fingerprint density at radius 1 is 1.35 bits per heavy atom. The maximum absolute atomic E-state index is 5.42. The van der Waals surface area contributed by atoms with Gasteiger partial charge in [-0.25, -0.2) is 0 Å². The molecule has 1 heterocycles. The van der Waals surface area contributed by atoms with E-state index in [4.69, 9.17) is 12.2 Å². The minimum absolute atomic E-state index is 0.708. The Balaban J connectivity index is 2.46. The molecule has 0 spiro atoms. The molecule has 0 aliphatic carbocycles. The van der Waals surface area contributed by atoms with Gasteiger partial charge in [-0.2, -0.15) is 0 Å². The van der Waals surface area contributed by atoms with Gasteiger partial charge in [-0.15, -0.1) is 0 Å². The van der Waals surface area contributed by atoms with Crippen molar-refractivity contribution in [1.82, 2.24) is 9.55 Å². The van der Waals surface area contributed by atoms with E-state index < -0.39 is 0 Å². The Kier molecular flexibility index (Phi) is 4.25. The van der Waals surface area contributed by atoms with Gasteiger partial charge in [0.25, 0.3) is 0 Å². The summed E-state index contributed by atoms with van der Waals surface area (Å²) in [5.74, 6) is 0.708. The topological polar surface area (TPSA) is 20.7 Å². The van der Waals surface area contributed by atoms with Crippen LogP contribution >= 0.6 is 34.8 Å². The molecule has 0 unspecified atom stereocenters. The predicted molar refractivity (Wildman–Crippen MR) is 83.9 cm³/mol. The first-order chi connectivity index (χ1) is 8.15. The molecule has 2 aromatic rings. The first kappa shape index (κ1) is 13.1. The zero-order valence-corrected chi connectivity index (χ0v) is 13.1. The Hall–Kier alpha value is -0.360. The largest absolute Gasteiger partial charge is 0.331 e. The van der Waals surface area contributed by atoms with Gasteiger partial charge in [0.15, 0.2) is 4.77 Å². The number of nitrogens with one attached hydrogen (secondary N) is 1. The summed E-state index contributed by atoms with van der Waals surface area (Å²) >= 11 is 7.74. The summed E-state index contributed by atoms with van der Waals surface area (Å²) in [6.45, 7) is 5.51. The minimum atomic E-state index is 0.708. The lowest BCUT2D eigenvalue weighted by molar-refractivity contribution is 0.422. The maximum Gasteiger partial charge on any atom is 0.178 e. The van der Waals surface area contributed by atoms with Crippen molar-refractivity contribution in [3.05, 3.63) is 26.5 Å². The second-order valence-electron chi connectivity index (χ2n) is 4.38. The second kappa shape index (κ2) is 5.52. The zero-order valence-electron chi connectivity index (χ0n) is 10.2. The van der Waals surface area contributed by atoms with Gasteiger partial charge < -0.3 is 9.55 Å². The molecule has 2 nitrogen and oxygen atoms in total. The lowest BCUT2D eigenvalue weighted by Gasteiger charge is -2.13. The first-order valence-electron chi connectivity index (χ1n) is 6.03. The summed E-state index contributed by atoms with van der Waals surface area (Å²) < 4.78 is 4.31. The smallest absolute Gasteiger partial charge is 0.178 e. The molecular weight excluding hydrogens is 343 g/mol. The van der Waals surface area contributed by atoms with E-state index in [1.807, 2.05) is 0 Å². The minimum Gasteiger partial charge on any atom is -0.331 e. The fraction of sp³-hybridized carbons (Fsp3) is 0.462. The van der Waals surface area contributed by atoms with E-state index in [0.717, 1.165) is 16.8 Å². The molecule has 0 radical (unpaired) electrons. The van der Waals surface area contributed by atoms with Crippen molar-refractivity contribution >= 4 is 45.8 Å². The van der Waals surface area contributed by atoms with Crippen molar-refractivity contribution in [1.29, 1.82) is 0 Å². The highest BCUT2D eigenvalue weighted by molar-refractivity contribution is 14.1. The van der Waals surface area contributed by atoms with Crippen LogP contribution in [0.3, 0.4) is 0 Å². The summed E-state index contributed by atoms with van der Waals surface area (Å²) in [5.41, 5.74) is 2.37. The van der Waals surface area contributed by atoms with Crippen molar-refractivity contribution in [2.75, 3.05) is 0 Å². The molecule has 1 N–H and O–H groups in total. The molecule has 4 heteroatoms. The molecular formula is C13H17IN2S. The van der Waals surface area contributed by atoms with Crippen LogP contribution in [-0.4, -0.2) is 9.55 Å². The fourth-order valence-electron chi connectivity index (χ4n) is 2.12. The molecule has 0 amide bonds. The van der Waals surface area contributed by atoms with Gasteiger partial charge in [0.2, 0.25) is 0 Å². The summed E-state index contributed by atoms with van der Waals surface area (Å²) in [4.78, 5) is 3.29. The van der Waals surface area contributed by atoms with Gasteiger partial charge in [0, 0.05) is 10.1 Å². The molecule has 0 aliphatic heterocycles. The van der Waals surface area contributed by atoms with E-state index in [-0.39, 0.29) is 0 Å². The van der Waals surface area contributed by atoms with Crippen molar-refractivity contribution in [2.45, 2.75) is 33.2 Å². The summed E-state index contributed by atoms with van der Waals surface area (Å²) in [7, 11) is 0. The van der Waals surface area contributed by atoms with Crippen LogP contribution in [0.2, 0.25) is 0 Å². The summed E-state index contributed by atoms with van der Waals surface area (Å²) in [6, 6.07) is 6.44. The van der Waals surface area contributed by atoms with Crippen molar-refractivity contribution in [3.63, 3.8) is 0 Å². The molecule has 0 fully saturated rings. The van der Waals surface area contributed by atoms with Crippen LogP contribution in [0.4, 0.5) is 0 Å². The third kappa shape index (κ3) is 2.73. The lowest BCUT2D eigenvalue weighted by Crippen LogP contribution is -2.09. The van der Waals surface area contributed by atoms with Crippen LogP contribution in [-0.2, 0) is 6.54 Å². The van der Waals surface area contributed by atoms with Crippen LogP contribution in [0.25, 0.3) is 11.0 Å². The molecule has 0 aliphatic rings. The van der Waals surface area contributed by atoms with Crippen molar-refractivity contribution in [2.24, 2.45) is 5.92 Å². The molecule has 0 bridgehead atoms. The van der Waals surface area contributed by atoms with Gasteiger partial charge >= 0.3 is 0 Å². The molecule has 92 valence electrons. The van der Waals surface area contributed by atoms with Crippen LogP contribution < -0.4 is 0 Å². The predicted octanol–water partition coefficient (Wildman–Crippen LogP) is 4.74. The van der Waals surface area contributed by atoms with E-state index in [1.165, 1.54) is 21.9 Å². The van der Waals surface area contributed by atoms with E-state index in [9.17, 15) is 0 Å². The molecule has 0 saturated carbocycles. The number of hydrogen-bond donors (Lipinski definition) is 1. The summed E-state index contributed by atoms with van der Waals surface area (Å²) in [5, 5.41) is 0. The lowest BCUT2D eigenvalue weighted by atomic mass is 10.0. The molecule has 1 aromatic carbocycles. The highest BCUT2D eigenvalue weighted by atomic mass is 127. The van der Waals surface area contributed by atoms with E-state index in [1.54, 1.807) is 0 Å². The molecule has 2 rings (SSSR count). The second-order valence-corrected chi connectivity index (χ2v) is 6.02. The van der Waals surface area contributed by atoms with E-state index in [0.29, 0.717) is 5.92 Å². The Morgan fingerprint density at radius 3 is 2.71 bits per heavy atom. The van der Waals surface area contributed by atoms with E-state index in [2.05, 4.69) is 64.2 Å². The molecule has 0 atom stereocenters. The van der Waals surface area contributed by atoms with Crippen molar-refractivity contribution < 1.29 is 0 Å². The van der Waals surface area contributed by atoms with Gasteiger partial charge in [0.05, 0.1) is 11.0 Å². The van der Waals surface area contributed by atoms with Gasteiger partial charge in [0.1, 0.15) is 0 Å². The van der Waals surface area contributed by atoms with Gasteiger partial charge in [-0.1, -0.05) is 26.7 Å². The van der Waals surface area contributed by atoms with Crippen LogP contribution in [0, 0.1) is 14.3 Å². The average molecular weight is 360 g/mol. The van der Waals surface area contributed by atoms with Crippen LogP contribution in [0.15, 0.2) is 18.2 Å². The molecule has 1 aromatic heterocycles. The third-order valence-corrected chi connectivity index (χ3v) is 4.33. The number of rotatable bonds is 4. The quantitative estimate of drug-likeness (QED) is 0.617. The first-order valence-corrected chi connectivity index (χ1v) is 7.52. The SMILES string of the molecule is CCC(CC)Cn1c(=S)[nH]c2cc(I)ccc21. The number of aromatic nitrogens is 2. The number of nitrogens with zero attached hydrogens (tertiary/aromatic N) is 1. The zero-order chi connectivity index (χ0) is 12.4. The Morgan fingerprint density at radius 2 is 2.06 bits per heavy atom. The van der Waals surface area contributed by atoms with Gasteiger partial charge in [-0.3, -0.25) is 0 Å². The maximum atomic E-state index is 5.42. The highest BCUT2D eigenvalue weighted by Crippen LogP contribution is 2.20. The number of hydrogen-bond acceptors (Lipinski definition) is 1. The highest BCUT2D eigenvalue weighted by Gasteiger charge is 2.09. The number of H-pyrrole nitrogens is 1. The normalized spacial score (nSPS) is 11.5. The number of benzene rings is 1. The number of fused-ring (bicyclic) bond motifs is 1. The van der Waals surface area contributed by atoms with E-state index >= 15 is 0 Å². The third-order valence-electron chi connectivity index (χ3n) is 3.33. The fourth-order valence-corrected chi connectivity index (χ4v) is 2.90. The molecule has 17 heavy (non-hydrogen) atoms. The Bertz CT molecular complexity index is 566. The number of imidazole rings is 1. The van der Waals surface area contributed by atoms with Crippen molar-refractivity contribution in [3.8, 4) is 0 Å². The van der Waals surface area contributed by atoms with Crippen LogP contribution in [0.5, 0.6) is 0 Å². The number of aromatic amines is 1. The van der Waals surface area contributed by atoms with Gasteiger partial charge in [-0.05, 0) is 58.9 Å². The van der Waals surface area contributed by atoms with Crippen LogP contribution in [0.1, 0.15) is 26.7 Å². The Labute approximate surface area is 121 Å². The monoisotopic (exact) mass is 360 g/mol. The summed E-state index contributed by atoms with van der Waals surface area (Å²) in [6.07, 6.45) is 2.41. The standard InChI is InChI=1S/C13H17IN2S/c1-3-9(4-2)8-16-12-6-5-10(14)7-11(12)15-13(16)17/h5-7,9H,3-4,8H2,1-2H3,(H,15,17). The molecule has 0 saturated heterocycles. The number of halogens is 1. The average Bonchev–Trinajstić information content (AvgIpc) is 2.61.